The molecule has 2 heterocycles. The van der Waals surface area contributed by atoms with E-state index in [1.165, 1.54) is 6.33 Å². The number of ether oxygens (including phenoxy) is 2. The number of aliphatic hydroxyl groups excluding tert-OH is 2. The van der Waals surface area contributed by atoms with Gasteiger partial charge in [0.15, 0.2) is 12.3 Å². The van der Waals surface area contributed by atoms with Crippen molar-refractivity contribution in [3.8, 4) is 0 Å². The number of para-hydroxylation sites is 1. The van der Waals surface area contributed by atoms with E-state index in [2.05, 4.69) is 4.98 Å². The number of hydrogen-bond acceptors (Lipinski definition) is 7. The number of rotatable bonds is 5. The number of carbonyl (C=O) groups is 2. The molecule has 1 aliphatic heterocycles. The fraction of sp³-hybridized carbons (Fsp3) is 0.438. The molecule has 2 aromatic rings. The molecule has 1 aliphatic rings. The van der Waals surface area contributed by atoms with Crippen molar-refractivity contribution >= 4 is 23.0 Å². The van der Waals surface area contributed by atoms with Crippen LogP contribution in [0.5, 0.6) is 0 Å². The van der Waals surface area contributed by atoms with Crippen LogP contribution in [0.2, 0.25) is 0 Å². The molecule has 3 N–H and O–H groups in total. The monoisotopic (exact) mass is 350 g/mol. The van der Waals surface area contributed by atoms with E-state index in [0.29, 0.717) is 5.52 Å². The Labute approximate surface area is 142 Å². The lowest BCUT2D eigenvalue weighted by molar-refractivity contribution is -0.162. The summed E-state index contributed by atoms with van der Waals surface area (Å²) in [6, 6.07) is 5.52. The average Bonchev–Trinajstić information content (AvgIpc) is 3.10. The number of nitrogens with zero attached hydrogens (tertiary/aromatic N) is 2. The van der Waals surface area contributed by atoms with Gasteiger partial charge in [0.2, 0.25) is 0 Å². The van der Waals surface area contributed by atoms with Gasteiger partial charge in [-0.05, 0) is 18.6 Å². The van der Waals surface area contributed by atoms with E-state index in [4.69, 9.17) is 14.6 Å². The number of carboxylic acid groups (broad SMARTS) is 1. The van der Waals surface area contributed by atoms with Gasteiger partial charge in [-0.25, -0.2) is 4.98 Å². The molecule has 3 rings (SSSR count). The minimum Gasteiger partial charge on any atom is -0.481 e. The second-order valence-electron chi connectivity index (χ2n) is 5.86. The minimum atomic E-state index is -1.34. The summed E-state index contributed by atoms with van der Waals surface area (Å²) in [5.74, 6) is -2.33. The third-order valence-electron chi connectivity index (χ3n) is 4.14. The minimum absolute atomic E-state index is 0.476. The Hall–Kier alpha value is -2.49. The van der Waals surface area contributed by atoms with Gasteiger partial charge in [0, 0.05) is 0 Å². The van der Waals surface area contributed by atoms with Crippen LogP contribution in [0.25, 0.3) is 11.0 Å². The lowest BCUT2D eigenvalue weighted by Gasteiger charge is -2.22. The molecule has 0 saturated carbocycles. The smallest absolute Gasteiger partial charge is 0.317 e. The van der Waals surface area contributed by atoms with Gasteiger partial charge >= 0.3 is 11.9 Å². The molecular weight excluding hydrogens is 332 g/mol. The molecule has 0 bridgehead atoms. The Bertz CT molecular complexity index is 803. The largest absolute Gasteiger partial charge is 0.481 e. The van der Waals surface area contributed by atoms with Crippen LogP contribution in [0.4, 0.5) is 0 Å². The highest BCUT2D eigenvalue weighted by Crippen LogP contribution is 2.34. The van der Waals surface area contributed by atoms with E-state index < -0.39 is 49.5 Å². The van der Waals surface area contributed by atoms with Gasteiger partial charge in [-0.3, -0.25) is 9.59 Å². The summed E-state index contributed by atoms with van der Waals surface area (Å²) in [6.07, 6.45) is -3.69. The standard InChI is InChI=1S/C16H18N2O7/c1-8-3-2-4-9-13(8)17-7-18(9)16-15(14(23)10(6-19)24-16)25-12(22)5-11(20)21/h2-4,7,10,14-16,19,23H,5-6H2,1H3,(H,20,21)/t10-,14-,15-,16-/m1/s1. The maximum atomic E-state index is 11.7. The topological polar surface area (TPSA) is 131 Å². The summed E-state index contributed by atoms with van der Waals surface area (Å²) in [4.78, 5) is 26.7. The number of aryl methyl sites for hydroxylation is 1. The molecule has 0 amide bonds. The van der Waals surface area contributed by atoms with Crippen molar-refractivity contribution in [2.75, 3.05) is 6.61 Å². The molecule has 0 unspecified atom stereocenters. The van der Waals surface area contributed by atoms with Gasteiger partial charge in [0.05, 0.1) is 24.0 Å². The van der Waals surface area contributed by atoms with Gasteiger partial charge in [0.1, 0.15) is 18.6 Å². The van der Waals surface area contributed by atoms with E-state index in [9.17, 15) is 19.8 Å². The number of carbonyl (C=O) groups excluding carboxylic acids is 1. The van der Waals surface area contributed by atoms with E-state index >= 15 is 0 Å². The van der Waals surface area contributed by atoms with Crippen LogP contribution in [0.15, 0.2) is 24.5 Å². The second kappa shape index (κ2) is 6.79. The van der Waals surface area contributed by atoms with Gasteiger partial charge in [-0.1, -0.05) is 12.1 Å². The zero-order valence-electron chi connectivity index (χ0n) is 13.4. The molecule has 1 aromatic carbocycles. The van der Waals surface area contributed by atoms with Crippen LogP contribution in [0, 0.1) is 6.92 Å². The highest BCUT2D eigenvalue weighted by atomic mass is 16.6. The average molecular weight is 350 g/mol. The van der Waals surface area contributed by atoms with Crippen LogP contribution in [-0.2, 0) is 19.1 Å². The fourth-order valence-electron chi connectivity index (χ4n) is 2.94. The Morgan fingerprint density at radius 2 is 2.16 bits per heavy atom. The highest BCUT2D eigenvalue weighted by Gasteiger charge is 2.47. The summed E-state index contributed by atoms with van der Waals surface area (Å²) in [5.41, 5.74) is 2.37. The lowest BCUT2D eigenvalue weighted by Crippen LogP contribution is -2.37. The number of imidazole rings is 1. The Balaban J connectivity index is 1.94. The molecule has 9 nitrogen and oxygen atoms in total. The van der Waals surface area contributed by atoms with Crippen molar-refractivity contribution in [3.05, 3.63) is 30.1 Å². The van der Waals surface area contributed by atoms with Crippen molar-refractivity contribution in [2.24, 2.45) is 0 Å². The molecule has 0 spiro atoms. The Morgan fingerprint density at radius 3 is 2.84 bits per heavy atom. The molecule has 25 heavy (non-hydrogen) atoms. The third kappa shape index (κ3) is 3.21. The Kier molecular flexibility index (Phi) is 4.71. The number of aliphatic hydroxyl groups is 2. The quantitative estimate of drug-likeness (QED) is 0.506. The van der Waals surface area contributed by atoms with E-state index in [0.717, 1.165) is 11.1 Å². The molecule has 1 fully saturated rings. The van der Waals surface area contributed by atoms with Crippen molar-refractivity contribution in [3.63, 3.8) is 0 Å². The number of fused-ring (bicyclic) bond motifs is 1. The van der Waals surface area contributed by atoms with Gasteiger partial charge in [-0.15, -0.1) is 0 Å². The summed E-state index contributed by atoms with van der Waals surface area (Å²) in [5, 5.41) is 28.3. The van der Waals surface area contributed by atoms with Crippen molar-refractivity contribution in [1.82, 2.24) is 9.55 Å². The number of esters is 1. The summed E-state index contributed by atoms with van der Waals surface area (Å²) in [6.45, 7) is 1.42. The summed E-state index contributed by atoms with van der Waals surface area (Å²) in [7, 11) is 0. The Morgan fingerprint density at radius 1 is 1.40 bits per heavy atom. The lowest BCUT2D eigenvalue weighted by atomic mass is 10.1. The maximum Gasteiger partial charge on any atom is 0.317 e. The van der Waals surface area contributed by atoms with Crippen molar-refractivity contribution < 1.29 is 34.4 Å². The molecule has 0 aliphatic carbocycles. The first kappa shape index (κ1) is 17.3. The number of carboxylic acids is 1. The molecule has 1 saturated heterocycles. The molecule has 1 aromatic heterocycles. The summed E-state index contributed by atoms with van der Waals surface area (Å²) < 4.78 is 12.4. The maximum absolute atomic E-state index is 11.7. The number of aliphatic carboxylic acids is 1. The molecular formula is C16H18N2O7. The van der Waals surface area contributed by atoms with Crippen molar-refractivity contribution in [2.45, 2.75) is 37.9 Å². The zero-order chi connectivity index (χ0) is 18.1. The van der Waals surface area contributed by atoms with Crippen LogP contribution in [-0.4, -0.2) is 61.7 Å². The normalized spacial score (nSPS) is 26.0. The number of aromatic nitrogens is 2. The third-order valence-corrected chi connectivity index (χ3v) is 4.14. The van der Waals surface area contributed by atoms with Crippen LogP contribution >= 0.6 is 0 Å². The summed E-state index contributed by atoms with van der Waals surface area (Å²) >= 11 is 0. The first-order valence-electron chi connectivity index (χ1n) is 7.70. The first-order valence-corrected chi connectivity index (χ1v) is 7.70. The van der Waals surface area contributed by atoms with Crippen LogP contribution < -0.4 is 0 Å². The predicted octanol–water partition coefficient (Wildman–Crippen LogP) is -0.0182. The van der Waals surface area contributed by atoms with E-state index in [-0.39, 0.29) is 0 Å². The SMILES string of the molecule is Cc1cccc2c1ncn2[C@@H]1O[C@H](CO)[C@@H](O)[C@H]1OC(=O)CC(=O)O. The van der Waals surface area contributed by atoms with Gasteiger partial charge in [0.25, 0.3) is 0 Å². The highest BCUT2D eigenvalue weighted by molar-refractivity contribution is 5.90. The fourth-order valence-corrected chi connectivity index (χ4v) is 2.94. The molecule has 4 atom stereocenters. The molecule has 0 radical (unpaired) electrons. The van der Waals surface area contributed by atoms with E-state index in [1.54, 1.807) is 10.6 Å². The van der Waals surface area contributed by atoms with Crippen LogP contribution in [0.3, 0.4) is 0 Å². The van der Waals surface area contributed by atoms with Gasteiger partial charge < -0.3 is 29.4 Å². The zero-order valence-corrected chi connectivity index (χ0v) is 13.4. The number of hydrogen-bond donors (Lipinski definition) is 3. The van der Waals surface area contributed by atoms with E-state index in [1.807, 2.05) is 19.1 Å². The first-order chi connectivity index (χ1) is 11.9. The molecule has 134 valence electrons. The molecule has 9 heteroatoms. The predicted molar refractivity (Wildman–Crippen MR) is 83.6 cm³/mol. The van der Waals surface area contributed by atoms with Gasteiger partial charge in [-0.2, -0.15) is 0 Å². The van der Waals surface area contributed by atoms with Crippen molar-refractivity contribution in [1.29, 1.82) is 0 Å². The van der Waals surface area contributed by atoms with Crippen LogP contribution in [0.1, 0.15) is 18.2 Å². The second-order valence-corrected chi connectivity index (χ2v) is 5.86. The number of benzene rings is 1.